The van der Waals surface area contributed by atoms with E-state index in [1.165, 1.54) is 32.1 Å². The molecule has 0 radical (unpaired) electrons. The Balaban J connectivity index is 2.09. The van der Waals surface area contributed by atoms with Gasteiger partial charge >= 0.3 is 0 Å². The van der Waals surface area contributed by atoms with Gasteiger partial charge in [-0.2, -0.15) is 0 Å². The lowest BCUT2D eigenvalue weighted by Gasteiger charge is -2.28. The van der Waals surface area contributed by atoms with E-state index in [1.54, 1.807) is 6.07 Å². The molecule has 3 N–H and O–H groups in total. The Bertz CT molecular complexity index is 611. The lowest BCUT2D eigenvalue weighted by Crippen LogP contribution is -2.49. The van der Waals surface area contributed by atoms with Crippen LogP contribution in [0.2, 0.25) is 5.02 Å². The maximum Gasteiger partial charge on any atom is 0.240 e. The molecule has 0 aromatic heterocycles. The Morgan fingerprint density at radius 3 is 2.45 bits per heavy atom. The van der Waals surface area contributed by atoms with Gasteiger partial charge in [0.15, 0.2) is 0 Å². The fourth-order valence-corrected chi connectivity index (χ4v) is 4.23. The number of hydrogen-bond acceptors (Lipinski definition) is 4. The van der Waals surface area contributed by atoms with Crippen LogP contribution in [-0.4, -0.2) is 27.6 Å². The largest absolute Gasteiger partial charge is 0.495 e. The molecule has 0 spiro atoms. The van der Waals surface area contributed by atoms with Crippen molar-refractivity contribution in [2.24, 2.45) is 5.73 Å². The van der Waals surface area contributed by atoms with Gasteiger partial charge in [-0.1, -0.05) is 37.3 Å². The second-order valence-electron chi connectivity index (χ2n) is 5.90. The molecule has 0 heterocycles. The Hall–Kier alpha value is -0.820. The lowest BCUT2D eigenvalue weighted by atomic mass is 9.92. The highest BCUT2D eigenvalue weighted by atomic mass is 35.5. The third-order valence-corrected chi connectivity index (χ3v) is 5.84. The van der Waals surface area contributed by atoms with Crippen LogP contribution in [0, 0.1) is 0 Å². The van der Waals surface area contributed by atoms with Crippen LogP contribution in [0.5, 0.6) is 5.75 Å². The highest BCUT2D eigenvalue weighted by Crippen LogP contribution is 2.28. The summed E-state index contributed by atoms with van der Waals surface area (Å²) in [4.78, 5) is 0.121. The molecule has 0 amide bonds. The summed E-state index contributed by atoms with van der Waals surface area (Å²) >= 11 is 5.99. The van der Waals surface area contributed by atoms with Gasteiger partial charge in [-0.05, 0) is 31.0 Å². The van der Waals surface area contributed by atoms with Crippen LogP contribution in [0.4, 0.5) is 0 Å². The number of rotatable bonds is 5. The maximum atomic E-state index is 12.4. The van der Waals surface area contributed by atoms with E-state index < -0.39 is 15.6 Å². The summed E-state index contributed by atoms with van der Waals surface area (Å²) in [6.45, 7) is 0.249. The van der Waals surface area contributed by atoms with E-state index in [-0.39, 0.29) is 16.5 Å². The molecule has 22 heavy (non-hydrogen) atoms. The van der Waals surface area contributed by atoms with E-state index in [4.69, 9.17) is 22.1 Å². The fourth-order valence-electron chi connectivity index (χ4n) is 2.75. The second-order valence-corrected chi connectivity index (χ2v) is 8.07. The van der Waals surface area contributed by atoms with E-state index in [0.29, 0.717) is 5.75 Å². The van der Waals surface area contributed by atoms with Gasteiger partial charge in [0, 0.05) is 12.1 Å². The van der Waals surface area contributed by atoms with Crippen LogP contribution < -0.4 is 15.2 Å². The summed E-state index contributed by atoms with van der Waals surface area (Å²) in [7, 11) is -2.14. The molecule has 1 aromatic rings. The molecule has 0 saturated heterocycles. The average molecular weight is 347 g/mol. The summed E-state index contributed by atoms with van der Waals surface area (Å²) in [5, 5.41) is 0.266. The van der Waals surface area contributed by atoms with E-state index in [1.807, 2.05) is 0 Å². The van der Waals surface area contributed by atoms with Crippen LogP contribution in [-0.2, 0) is 10.0 Å². The molecule has 0 atom stereocenters. The highest BCUT2D eigenvalue weighted by Gasteiger charge is 2.28. The zero-order valence-electron chi connectivity index (χ0n) is 12.8. The molecule has 7 heteroatoms. The predicted octanol–water partition coefficient (Wildman–Crippen LogP) is 2.68. The molecule has 0 unspecified atom stereocenters. The van der Waals surface area contributed by atoms with Gasteiger partial charge in [0.05, 0.1) is 17.0 Å². The molecule has 124 valence electrons. The molecule has 5 nitrogen and oxygen atoms in total. The third-order valence-electron chi connectivity index (χ3n) is 4.15. The molecule has 0 aliphatic heterocycles. The number of sulfonamides is 1. The van der Waals surface area contributed by atoms with Crippen molar-refractivity contribution in [3.05, 3.63) is 23.2 Å². The summed E-state index contributed by atoms with van der Waals surface area (Å²) in [5.74, 6) is 0.444. The Morgan fingerprint density at radius 1 is 1.27 bits per heavy atom. The van der Waals surface area contributed by atoms with Gasteiger partial charge in [-0.3, -0.25) is 0 Å². The molecule has 0 bridgehead atoms. The highest BCUT2D eigenvalue weighted by molar-refractivity contribution is 7.89. The summed E-state index contributed by atoms with van der Waals surface area (Å²) in [5.41, 5.74) is 5.89. The van der Waals surface area contributed by atoms with Gasteiger partial charge in [0.1, 0.15) is 5.75 Å². The monoisotopic (exact) mass is 346 g/mol. The van der Waals surface area contributed by atoms with E-state index in [2.05, 4.69) is 4.72 Å². The van der Waals surface area contributed by atoms with Crippen LogP contribution >= 0.6 is 11.6 Å². The SMILES string of the molecule is COc1ccc(S(=O)(=O)NCC2(N)CCCCCC2)cc1Cl. The number of halogens is 1. The first-order valence-electron chi connectivity index (χ1n) is 7.48. The Morgan fingerprint density at radius 2 is 1.91 bits per heavy atom. The lowest BCUT2D eigenvalue weighted by molar-refractivity contribution is 0.369. The van der Waals surface area contributed by atoms with E-state index in [9.17, 15) is 8.42 Å². The van der Waals surface area contributed by atoms with Crippen molar-refractivity contribution in [1.29, 1.82) is 0 Å². The van der Waals surface area contributed by atoms with Gasteiger partial charge in [0.2, 0.25) is 10.0 Å². The molecule has 1 fully saturated rings. The van der Waals surface area contributed by atoms with Crippen molar-refractivity contribution < 1.29 is 13.2 Å². The maximum absolute atomic E-state index is 12.4. The van der Waals surface area contributed by atoms with Crippen molar-refractivity contribution >= 4 is 21.6 Å². The number of benzene rings is 1. The zero-order valence-corrected chi connectivity index (χ0v) is 14.3. The number of nitrogens with one attached hydrogen (secondary N) is 1. The first kappa shape index (κ1) is 17.5. The quantitative estimate of drug-likeness (QED) is 0.803. The number of nitrogens with two attached hydrogens (primary N) is 1. The smallest absolute Gasteiger partial charge is 0.240 e. The predicted molar refractivity (Wildman–Crippen MR) is 87.8 cm³/mol. The molecule has 1 aliphatic carbocycles. The van der Waals surface area contributed by atoms with Crippen molar-refractivity contribution in [3.63, 3.8) is 0 Å². The second kappa shape index (κ2) is 7.17. The van der Waals surface area contributed by atoms with Gasteiger partial charge in [-0.25, -0.2) is 13.1 Å². The van der Waals surface area contributed by atoms with E-state index in [0.717, 1.165) is 25.7 Å². The van der Waals surface area contributed by atoms with E-state index >= 15 is 0 Å². The topological polar surface area (TPSA) is 81.4 Å². The number of ether oxygens (including phenoxy) is 1. The summed E-state index contributed by atoms with van der Waals surface area (Å²) in [6.07, 6.45) is 6.12. The van der Waals surface area contributed by atoms with Crippen LogP contribution in [0.15, 0.2) is 23.1 Å². The minimum absolute atomic E-state index is 0.121. The first-order valence-corrected chi connectivity index (χ1v) is 9.34. The standard InChI is InChI=1S/C15H23ClN2O3S/c1-21-14-7-6-12(10-13(14)16)22(19,20)18-11-15(17)8-4-2-3-5-9-15/h6-7,10,18H,2-5,8-9,11,17H2,1H3. The summed E-state index contributed by atoms with van der Waals surface area (Å²) in [6, 6.07) is 4.41. The fraction of sp³-hybridized carbons (Fsp3) is 0.600. The molecular weight excluding hydrogens is 324 g/mol. The molecule has 1 saturated carbocycles. The van der Waals surface area contributed by atoms with Crippen molar-refractivity contribution in [3.8, 4) is 5.75 Å². The van der Waals surface area contributed by atoms with Gasteiger partial charge < -0.3 is 10.5 Å². The van der Waals surface area contributed by atoms with Crippen LogP contribution in [0.25, 0.3) is 0 Å². The van der Waals surface area contributed by atoms with Crippen molar-refractivity contribution in [1.82, 2.24) is 4.72 Å². The minimum atomic E-state index is -3.63. The minimum Gasteiger partial charge on any atom is -0.495 e. The molecule has 1 aromatic carbocycles. The number of hydrogen-bond donors (Lipinski definition) is 2. The third kappa shape index (κ3) is 4.35. The zero-order chi connectivity index (χ0) is 16.2. The molecular formula is C15H23ClN2O3S. The van der Waals surface area contributed by atoms with Gasteiger partial charge in [-0.15, -0.1) is 0 Å². The summed E-state index contributed by atoms with van der Waals surface area (Å²) < 4.78 is 32.4. The van der Waals surface area contributed by atoms with Gasteiger partial charge in [0.25, 0.3) is 0 Å². The normalized spacial score (nSPS) is 18.7. The first-order chi connectivity index (χ1) is 10.4. The van der Waals surface area contributed by atoms with Crippen LogP contribution in [0.1, 0.15) is 38.5 Å². The van der Waals surface area contributed by atoms with Crippen molar-refractivity contribution in [2.75, 3.05) is 13.7 Å². The molecule has 1 aliphatic rings. The molecule has 2 rings (SSSR count). The Labute approximate surface area is 137 Å². The Kier molecular flexibility index (Phi) is 5.71. The number of methoxy groups -OCH3 is 1. The van der Waals surface area contributed by atoms with Crippen molar-refractivity contribution in [2.45, 2.75) is 49.0 Å². The van der Waals surface area contributed by atoms with Crippen LogP contribution in [0.3, 0.4) is 0 Å². The average Bonchev–Trinajstić information content (AvgIpc) is 2.71.